The van der Waals surface area contributed by atoms with Gasteiger partial charge in [0.15, 0.2) is 0 Å². The summed E-state index contributed by atoms with van der Waals surface area (Å²) in [5.41, 5.74) is 1.81. The maximum atomic E-state index is 14.0. The molecule has 38 heavy (non-hydrogen) atoms. The Bertz CT molecular complexity index is 1410. The number of hydrogen-bond acceptors (Lipinski definition) is 6. The smallest absolute Gasteiger partial charge is 0.317 e. The number of benzene rings is 3. The van der Waals surface area contributed by atoms with E-state index in [-0.39, 0.29) is 30.5 Å². The fraction of sp³-hybridized carbons (Fsp3) is 0.250. The number of aliphatic carboxylic acids is 2. The lowest BCUT2D eigenvalue weighted by atomic mass is 9.76. The predicted molar refractivity (Wildman–Crippen MR) is 142 cm³/mol. The molecule has 9 nitrogen and oxygen atoms in total. The molecule has 0 fully saturated rings. The largest absolute Gasteiger partial charge is 0.508 e. The monoisotopic (exact) mass is 532 g/mol. The lowest BCUT2D eigenvalue weighted by molar-refractivity contribution is -0.141. The van der Waals surface area contributed by atoms with E-state index in [9.17, 15) is 34.8 Å². The number of phenols is 2. The van der Waals surface area contributed by atoms with Gasteiger partial charge in [-0.1, -0.05) is 43.4 Å². The summed E-state index contributed by atoms with van der Waals surface area (Å²) < 4.78 is 0. The van der Waals surface area contributed by atoms with Crippen molar-refractivity contribution in [2.45, 2.75) is 18.6 Å². The lowest BCUT2D eigenvalue weighted by Crippen LogP contribution is -2.66. The first-order valence-electron chi connectivity index (χ1n) is 12.2. The van der Waals surface area contributed by atoms with E-state index in [1.54, 1.807) is 41.3 Å². The van der Waals surface area contributed by atoms with Crippen molar-refractivity contribution >= 4 is 36.3 Å². The molecule has 196 valence electrons. The van der Waals surface area contributed by atoms with Crippen molar-refractivity contribution < 1.29 is 34.8 Å². The molecule has 0 aromatic heterocycles. The molecule has 2 aliphatic rings. The summed E-state index contributed by atoms with van der Waals surface area (Å²) >= 11 is 0. The number of carboxylic acid groups (broad SMARTS) is 2. The molecule has 2 heterocycles. The molecule has 0 bridgehead atoms. The van der Waals surface area contributed by atoms with Crippen LogP contribution in [0.15, 0.2) is 60.7 Å². The quantitative estimate of drug-likeness (QED) is 0.336. The van der Waals surface area contributed by atoms with Crippen LogP contribution in [0.4, 0.5) is 0 Å². The van der Waals surface area contributed by atoms with E-state index in [1.807, 2.05) is 24.3 Å². The van der Waals surface area contributed by atoms with Crippen LogP contribution in [0.25, 0.3) is 0 Å². The second-order valence-corrected chi connectivity index (χ2v) is 14.6. The van der Waals surface area contributed by atoms with Crippen LogP contribution in [0.3, 0.4) is 0 Å². The molecule has 0 atom stereocenters. The minimum Gasteiger partial charge on any atom is -0.508 e. The molecule has 5 rings (SSSR count). The summed E-state index contributed by atoms with van der Waals surface area (Å²) in [5, 5.41) is 41.5. The Hall–Kier alpha value is -4.15. The van der Waals surface area contributed by atoms with Gasteiger partial charge in [0, 0.05) is 18.7 Å². The van der Waals surface area contributed by atoms with E-state index in [1.165, 1.54) is 4.90 Å². The standard InChI is InChI=1S/C28H28N2O7Si/c1-38(2)23-13-17(31)7-9-21(23)28(22-10-8-18(32)14-24(22)38)20-6-4-3-5-19(20)27(37)30(28)12-11-29(15-25(33)34)16-26(35)36/h3-10,13-14,31-32H,11-12,15-16H2,1-2H3,(H,33,34)(H,35,36). The Morgan fingerprint density at radius 3 is 1.89 bits per heavy atom. The van der Waals surface area contributed by atoms with Crippen molar-refractivity contribution in [1.29, 1.82) is 0 Å². The Morgan fingerprint density at radius 1 is 0.842 bits per heavy atom. The van der Waals surface area contributed by atoms with Crippen LogP contribution in [-0.4, -0.2) is 82.3 Å². The van der Waals surface area contributed by atoms with E-state index >= 15 is 0 Å². The van der Waals surface area contributed by atoms with Crippen molar-refractivity contribution in [2.24, 2.45) is 0 Å². The van der Waals surface area contributed by atoms with Crippen molar-refractivity contribution in [3.8, 4) is 11.5 Å². The highest BCUT2D eigenvalue weighted by Gasteiger charge is 2.58. The Labute approximate surface area is 220 Å². The summed E-state index contributed by atoms with van der Waals surface area (Å²) in [6, 6.07) is 17.6. The molecule has 3 aromatic carbocycles. The number of nitrogens with zero attached hydrogens (tertiary/aromatic N) is 2. The van der Waals surface area contributed by atoms with Crippen LogP contribution in [0, 0.1) is 0 Å². The average Bonchev–Trinajstić information content (AvgIpc) is 3.09. The molecule has 3 aromatic rings. The van der Waals surface area contributed by atoms with Gasteiger partial charge in [0.05, 0.1) is 13.1 Å². The molecular formula is C28H28N2O7Si. The first kappa shape index (κ1) is 25.5. The molecule has 2 aliphatic heterocycles. The first-order valence-corrected chi connectivity index (χ1v) is 15.2. The van der Waals surface area contributed by atoms with E-state index in [2.05, 4.69) is 13.1 Å². The number of carbonyl (C=O) groups is 3. The fourth-order valence-corrected chi connectivity index (χ4v) is 9.32. The number of phenolic OH excluding ortho intramolecular Hbond substituents is 2. The molecule has 0 saturated heterocycles. The average molecular weight is 533 g/mol. The number of hydrogen-bond donors (Lipinski definition) is 4. The molecule has 1 amide bonds. The van der Waals surface area contributed by atoms with Crippen molar-refractivity contribution in [3.63, 3.8) is 0 Å². The summed E-state index contributed by atoms with van der Waals surface area (Å²) in [5.74, 6) is -2.39. The third kappa shape index (κ3) is 3.75. The summed E-state index contributed by atoms with van der Waals surface area (Å²) in [7, 11) is -2.47. The van der Waals surface area contributed by atoms with Crippen LogP contribution in [0.1, 0.15) is 27.0 Å². The Kier molecular flexibility index (Phi) is 6.04. The van der Waals surface area contributed by atoms with E-state index in [4.69, 9.17) is 0 Å². The zero-order valence-corrected chi connectivity index (χ0v) is 22.0. The van der Waals surface area contributed by atoms with Crippen LogP contribution in [0.5, 0.6) is 11.5 Å². The fourth-order valence-electron chi connectivity index (χ4n) is 6.14. The number of carboxylic acids is 2. The maximum Gasteiger partial charge on any atom is 0.317 e. The van der Waals surface area contributed by atoms with Crippen molar-refractivity contribution in [3.05, 3.63) is 82.9 Å². The highest BCUT2D eigenvalue weighted by atomic mass is 28.3. The number of aromatic hydroxyl groups is 2. The lowest BCUT2D eigenvalue weighted by Gasteiger charge is -2.49. The highest BCUT2D eigenvalue weighted by molar-refractivity contribution is 7.01. The van der Waals surface area contributed by atoms with Gasteiger partial charge in [0.1, 0.15) is 25.1 Å². The minimum absolute atomic E-state index is 0.0156. The molecule has 0 radical (unpaired) electrons. The van der Waals surface area contributed by atoms with Crippen molar-refractivity contribution in [1.82, 2.24) is 9.80 Å². The van der Waals surface area contributed by atoms with Gasteiger partial charge in [-0.2, -0.15) is 0 Å². The zero-order chi connectivity index (χ0) is 27.4. The third-order valence-electron chi connectivity index (χ3n) is 7.69. The molecule has 1 spiro atoms. The summed E-state index contributed by atoms with van der Waals surface area (Å²) in [6.45, 7) is 3.36. The van der Waals surface area contributed by atoms with E-state index in [0.29, 0.717) is 5.56 Å². The molecule has 0 unspecified atom stereocenters. The van der Waals surface area contributed by atoms with Gasteiger partial charge >= 0.3 is 11.9 Å². The molecule has 0 aliphatic carbocycles. The van der Waals surface area contributed by atoms with Gasteiger partial charge in [-0.3, -0.25) is 19.3 Å². The first-order chi connectivity index (χ1) is 18.0. The van der Waals surface area contributed by atoms with Gasteiger partial charge in [0.2, 0.25) is 0 Å². The molecule has 4 N–H and O–H groups in total. The number of fused-ring (bicyclic) bond motifs is 6. The van der Waals surface area contributed by atoms with Gasteiger partial charge < -0.3 is 25.3 Å². The SMILES string of the molecule is C[Si]1(C)c2cc(O)ccc2C2(c3ccccc3C(=O)N2CCN(CC(=O)O)CC(=O)O)c2ccc(O)cc21. The normalized spacial score (nSPS) is 16.3. The second-order valence-electron chi connectivity index (χ2n) is 10.3. The maximum absolute atomic E-state index is 14.0. The van der Waals surface area contributed by atoms with E-state index < -0.39 is 38.6 Å². The van der Waals surface area contributed by atoms with Gasteiger partial charge in [-0.05, 0) is 57.4 Å². The van der Waals surface area contributed by atoms with Gasteiger partial charge in [-0.25, -0.2) is 0 Å². The second kappa shape index (κ2) is 9.00. The van der Waals surface area contributed by atoms with Crippen LogP contribution in [0.2, 0.25) is 13.1 Å². The zero-order valence-electron chi connectivity index (χ0n) is 21.0. The highest BCUT2D eigenvalue weighted by Crippen LogP contribution is 2.50. The topological polar surface area (TPSA) is 139 Å². The van der Waals surface area contributed by atoms with Crippen LogP contribution >= 0.6 is 0 Å². The predicted octanol–water partition coefficient (Wildman–Crippen LogP) is 1.45. The Morgan fingerprint density at radius 2 is 1.37 bits per heavy atom. The van der Waals surface area contributed by atoms with Gasteiger partial charge in [0.25, 0.3) is 5.91 Å². The van der Waals surface area contributed by atoms with Gasteiger partial charge in [-0.15, -0.1) is 0 Å². The Balaban J connectivity index is 1.77. The third-order valence-corrected chi connectivity index (χ3v) is 11.2. The van der Waals surface area contributed by atoms with Crippen LogP contribution in [-0.2, 0) is 15.1 Å². The molecule has 10 heteroatoms. The number of amides is 1. The minimum atomic E-state index is -2.47. The number of rotatable bonds is 7. The van der Waals surface area contributed by atoms with Crippen LogP contribution < -0.4 is 10.4 Å². The molecular weight excluding hydrogens is 504 g/mol. The number of carbonyl (C=O) groups excluding carboxylic acids is 1. The van der Waals surface area contributed by atoms with E-state index in [0.717, 1.165) is 27.1 Å². The van der Waals surface area contributed by atoms with Crippen molar-refractivity contribution in [2.75, 3.05) is 26.2 Å². The summed E-state index contributed by atoms with van der Waals surface area (Å²) in [4.78, 5) is 39.9. The molecule has 0 saturated carbocycles. The summed E-state index contributed by atoms with van der Waals surface area (Å²) in [6.07, 6.45) is 0.